The lowest BCUT2D eigenvalue weighted by Gasteiger charge is -2.20. The molecule has 0 aliphatic rings. The second-order valence-corrected chi connectivity index (χ2v) is 9.78. The molecule has 0 unspecified atom stereocenters. The van der Waals surface area contributed by atoms with Crippen LogP contribution in [0, 0.1) is 0 Å². The maximum absolute atomic E-state index is 12.4. The summed E-state index contributed by atoms with van der Waals surface area (Å²) in [7, 11) is 0. The second-order valence-electron chi connectivity index (χ2n) is 7.95. The molecule has 0 spiro atoms. The highest BCUT2D eigenvalue weighted by atomic mass is 79.9. The van der Waals surface area contributed by atoms with Crippen molar-refractivity contribution in [1.29, 1.82) is 0 Å². The van der Waals surface area contributed by atoms with Gasteiger partial charge in [-0.05, 0) is 42.2 Å². The molecule has 0 aliphatic heterocycles. The van der Waals surface area contributed by atoms with Crippen LogP contribution in [0.5, 0.6) is 5.75 Å². The van der Waals surface area contributed by atoms with E-state index in [4.69, 9.17) is 14.2 Å². The highest BCUT2D eigenvalue weighted by molar-refractivity contribution is 9.11. The minimum absolute atomic E-state index is 0.174. The first-order valence-corrected chi connectivity index (χ1v) is 13.1. The third kappa shape index (κ3) is 10.7. The highest BCUT2D eigenvalue weighted by Gasteiger charge is 2.15. The van der Waals surface area contributed by atoms with E-state index in [-0.39, 0.29) is 25.9 Å². The van der Waals surface area contributed by atoms with Crippen LogP contribution in [0.15, 0.2) is 87.8 Å². The summed E-state index contributed by atoms with van der Waals surface area (Å²) in [5, 5.41) is 5.61. The Morgan fingerprint density at radius 3 is 1.92 bits per heavy atom. The summed E-state index contributed by atoms with van der Waals surface area (Å²) in [6.45, 7) is 1.02. The minimum atomic E-state index is -0.530. The molecule has 0 saturated heterocycles. The van der Waals surface area contributed by atoms with E-state index < -0.39 is 12.2 Å². The molecule has 9 heteroatoms. The van der Waals surface area contributed by atoms with Gasteiger partial charge < -0.3 is 24.8 Å². The van der Waals surface area contributed by atoms with E-state index in [0.29, 0.717) is 25.1 Å². The summed E-state index contributed by atoms with van der Waals surface area (Å²) in [6.07, 6.45) is 0.156. The van der Waals surface area contributed by atoms with Crippen molar-refractivity contribution in [2.45, 2.75) is 32.1 Å². The van der Waals surface area contributed by atoms with Crippen molar-refractivity contribution in [3.63, 3.8) is 0 Å². The van der Waals surface area contributed by atoms with Crippen LogP contribution >= 0.6 is 31.9 Å². The van der Waals surface area contributed by atoms with Gasteiger partial charge in [0.05, 0.1) is 6.04 Å². The lowest BCUT2D eigenvalue weighted by molar-refractivity contribution is 0.128. The fourth-order valence-electron chi connectivity index (χ4n) is 3.25. The normalized spacial score (nSPS) is 11.3. The monoisotopic (exact) mass is 618 g/mol. The lowest BCUT2D eigenvalue weighted by Crippen LogP contribution is -2.40. The maximum Gasteiger partial charge on any atom is 0.407 e. The van der Waals surface area contributed by atoms with Crippen molar-refractivity contribution in [2.24, 2.45) is 0 Å². The number of rotatable bonds is 12. The molecular weight excluding hydrogens is 592 g/mol. The predicted octanol–water partition coefficient (Wildman–Crippen LogP) is 6.59. The van der Waals surface area contributed by atoms with Crippen molar-refractivity contribution in [1.82, 2.24) is 10.6 Å². The number of ether oxygens (including phenoxy) is 3. The number of hydrogen-bond acceptors (Lipinski definition) is 5. The molecule has 3 aromatic carbocycles. The molecule has 0 fully saturated rings. The van der Waals surface area contributed by atoms with E-state index in [1.165, 1.54) is 0 Å². The van der Waals surface area contributed by atoms with Crippen molar-refractivity contribution in [3.8, 4) is 5.75 Å². The van der Waals surface area contributed by atoms with Gasteiger partial charge in [-0.3, -0.25) is 0 Å². The topological polar surface area (TPSA) is 85.9 Å². The van der Waals surface area contributed by atoms with Crippen LogP contribution in [0.4, 0.5) is 9.59 Å². The molecule has 0 aliphatic carbocycles. The van der Waals surface area contributed by atoms with Crippen molar-refractivity contribution in [3.05, 3.63) is 98.9 Å². The fraction of sp³-hybridized carbons (Fsp3) is 0.259. The van der Waals surface area contributed by atoms with E-state index >= 15 is 0 Å². The molecule has 0 aromatic heterocycles. The molecule has 0 saturated carbocycles. The van der Waals surface area contributed by atoms with E-state index in [9.17, 15) is 9.59 Å². The highest BCUT2D eigenvalue weighted by Crippen LogP contribution is 2.25. The number of alkyl carbamates (subject to hydrolysis) is 2. The summed E-state index contributed by atoms with van der Waals surface area (Å²) >= 11 is 6.89. The van der Waals surface area contributed by atoms with Gasteiger partial charge >= 0.3 is 12.2 Å². The van der Waals surface area contributed by atoms with Crippen LogP contribution in [0.25, 0.3) is 0 Å². The van der Waals surface area contributed by atoms with E-state index in [1.807, 2.05) is 78.9 Å². The Balaban J connectivity index is 1.46. The number of hydrogen-bond donors (Lipinski definition) is 2. The van der Waals surface area contributed by atoms with Crippen LogP contribution in [0.3, 0.4) is 0 Å². The van der Waals surface area contributed by atoms with Gasteiger partial charge in [0.2, 0.25) is 0 Å². The Bertz CT molecular complexity index is 1080. The number of amides is 2. The molecule has 2 N–H and O–H groups in total. The van der Waals surface area contributed by atoms with Gasteiger partial charge in [0.1, 0.15) is 25.6 Å². The number of carbonyl (C=O) groups is 2. The first-order valence-electron chi connectivity index (χ1n) is 11.5. The zero-order valence-corrected chi connectivity index (χ0v) is 22.8. The summed E-state index contributed by atoms with van der Waals surface area (Å²) in [5.41, 5.74) is 1.82. The molecule has 190 valence electrons. The number of halogens is 2. The SMILES string of the molecule is O=C(NCCC[C@@H](COc1cc(Br)cc(Br)c1)NC(=O)OCc1ccccc1)OCc1ccccc1. The third-order valence-corrected chi connectivity index (χ3v) is 5.95. The Morgan fingerprint density at radius 1 is 0.778 bits per heavy atom. The standard InChI is InChI=1S/C27H28Br2N2O5/c28-22-14-23(29)16-25(15-22)34-19-24(31-27(33)36-18-21-10-5-2-6-11-21)12-7-13-30-26(32)35-17-20-8-3-1-4-9-20/h1-6,8-11,14-16,24H,7,12-13,17-19H2,(H,30,32)(H,31,33)/t24-/m0/s1. The smallest absolute Gasteiger partial charge is 0.407 e. The number of carbonyl (C=O) groups excluding carboxylic acids is 2. The van der Waals surface area contributed by atoms with Gasteiger partial charge in [0, 0.05) is 15.5 Å². The zero-order valence-electron chi connectivity index (χ0n) is 19.6. The van der Waals surface area contributed by atoms with Crippen molar-refractivity contribution < 1.29 is 23.8 Å². The van der Waals surface area contributed by atoms with Crippen molar-refractivity contribution >= 4 is 44.0 Å². The van der Waals surface area contributed by atoms with Gasteiger partial charge in [-0.1, -0.05) is 92.5 Å². The third-order valence-electron chi connectivity index (χ3n) is 5.03. The number of nitrogens with one attached hydrogen (secondary N) is 2. The van der Waals surface area contributed by atoms with Gasteiger partial charge in [-0.2, -0.15) is 0 Å². The molecule has 1 atom stereocenters. The van der Waals surface area contributed by atoms with E-state index in [2.05, 4.69) is 42.5 Å². The Labute approximate surface area is 227 Å². The quantitative estimate of drug-likeness (QED) is 0.223. The Hall–Kier alpha value is -3.04. The molecule has 0 radical (unpaired) electrons. The van der Waals surface area contributed by atoms with Crippen LogP contribution in [0.2, 0.25) is 0 Å². The summed E-state index contributed by atoms with van der Waals surface area (Å²) in [4.78, 5) is 24.4. The molecule has 7 nitrogen and oxygen atoms in total. The molecular formula is C27H28Br2N2O5. The Kier molecular flexibility index (Phi) is 11.6. The van der Waals surface area contributed by atoms with E-state index in [0.717, 1.165) is 20.1 Å². The van der Waals surface area contributed by atoms with Crippen LogP contribution in [0.1, 0.15) is 24.0 Å². The average Bonchev–Trinajstić information content (AvgIpc) is 2.88. The first kappa shape index (κ1) is 27.5. The lowest BCUT2D eigenvalue weighted by atomic mass is 10.1. The van der Waals surface area contributed by atoms with E-state index in [1.54, 1.807) is 0 Å². The molecule has 2 amide bonds. The second kappa shape index (κ2) is 15.2. The summed E-state index contributed by atoms with van der Waals surface area (Å²) in [6, 6.07) is 24.2. The van der Waals surface area contributed by atoms with Crippen molar-refractivity contribution in [2.75, 3.05) is 13.2 Å². The van der Waals surface area contributed by atoms with Crippen LogP contribution in [-0.4, -0.2) is 31.4 Å². The van der Waals surface area contributed by atoms with Gasteiger partial charge in [-0.25, -0.2) is 9.59 Å². The average molecular weight is 620 g/mol. The van der Waals surface area contributed by atoms with Crippen LogP contribution < -0.4 is 15.4 Å². The largest absolute Gasteiger partial charge is 0.491 e. The summed E-state index contributed by atoms with van der Waals surface area (Å²) in [5.74, 6) is 0.656. The van der Waals surface area contributed by atoms with Gasteiger partial charge in [0.15, 0.2) is 0 Å². The molecule has 36 heavy (non-hydrogen) atoms. The zero-order chi connectivity index (χ0) is 25.6. The van der Waals surface area contributed by atoms with Gasteiger partial charge in [0.25, 0.3) is 0 Å². The fourth-order valence-corrected chi connectivity index (χ4v) is 4.50. The molecule has 3 rings (SSSR count). The van der Waals surface area contributed by atoms with Gasteiger partial charge in [-0.15, -0.1) is 0 Å². The molecule has 3 aromatic rings. The first-order chi connectivity index (χ1) is 17.5. The number of benzene rings is 3. The maximum atomic E-state index is 12.4. The minimum Gasteiger partial charge on any atom is -0.491 e. The predicted molar refractivity (Wildman–Crippen MR) is 145 cm³/mol. The van der Waals surface area contributed by atoms with Crippen LogP contribution in [-0.2, 0) is 22.7 Å². The molecule has 0 bridgehead atoms. The molecule has 0 heterocycles. The Morgan fingerprint density at radius 2 is 1.33 bits per heavy atom. The summed E-state index contributed by atoms with van der Waals surface area (Å²) < 4.78 is 18.2.